The molecular formula is C24H28N2O7S. The molecule has 2 aromatic rings. The number of anilines is 1. The summed E-state index contributed by atoms with van der Waals surface area (Å²) in [7, 11) is -4.01. The monoisotopic (exact) mass is 488 g/mol. The van der Waals surface area contributed by atoms with Gasteiger partial charge in [-0.25, -0.2) is 8.42 Å². The van der Waals surface area contributed by atoms with Gasteiger partial charge in [-0.3, -0.25) is 19.2 Å². The van der Waals surface area contributed by atoms with E-state index in [1.807, 2.05) is 0 Å². The van der Waals surface area contributed by atoms with Crippen LogP contribution in [-0.2, 0) is 24.3 Å². The van der Waals surface area contributed by atoms with Gasteiger partial charge in [0.05, 0.1) is 4.90 Å². The number of rotatable bonds is 9. The number of amides is 1. The van der Waals surface area contributed by atoms with E-state index in [1.54, 1.807) is 32.9 Å². The fraction of sp³-hybridized carbons (Fsp3) is 0.333. The molecule has 9 nitrogen and oxygen atoms in total. The number of sulfonamides is 1. The lowest BCUT2D eigenvalue weighted by molar-refractivity contribution is -0.144. The summed E-state index contributed by atoms with van der Waals surface area (Å²) in [6, 6.07) is 11.4. The second-order valence-electron chi connectivity index (χ2n) is 8.68. The maximum Gasteiger partial charge on any atom is 0.321 e. The van der Waals surface area contributed by atoms with E-state index in [9.17, 15) is 27.6 Å². The third kappa shape index (κ3) is 7.32. The molecule has 0 radical (unpaired) electrons. The van der Waals surface area contributed by atoms with Crippen molar-refractivity contribution in [1.29, 1.82) is 0 Å². The van der Waals surface area contributed by atoms with Crippen LogP contribution in [0.3, 0.4) is 0 Å². The molecule has 0 aliphatic carbocycles. The van der Waals surface area contributed by atoms with E-state index in [2.05, 4.69) is 10.0 Å². The Hall–Kier alpha value is -3.37. The number of esters is 1. The summed E-state index contributed by atoms with van der Waals surface area (Å²) >= 11 is 0. The molecule has 1 unspecified atom stereocenters. The van der Waals surface area contributed by atoms with Crippen LogP contribution < -0.4 is 10.0 Å². The fourth-order valence-electron chi connectivity index (χ4n) is 2.67. The number of hydrogen-bond donors (Lipinski definition) is 2. The van der Waals surface area contributed by atoms with Crippen molar-refractivity contribution in [3.63, 3.8) is 0 Å². The highest BCUT2D eigenvalue weighted by molar-refractivity contribution is 7.89. The van der Waals surface area contributed by atoms with Gasteiger partial charge in [-0.05, 0) is 50.2 Å². The Kier molecular flexibility index (Phi) is 8.46. The lowest BCUT2D eigenvalue weighted by atomic mass is 9.95. The molecule has 0 heterocycles. The fourth-order valence-corrected chi connectivity index (χ4v) is 3.64. The molecule has 2 N–H and O–H groups in total. The predicted octanol–water partition coefficient (Wildman–Crippen LogP) is 2.97. The molecular weight excluding hydrogens is 460 g/mol. The number of ether oxygens (including phenoxy) is 1. The topological polar surface area (TPSA) is 136 Å². The highest BCUT2D eigenvalue weighted by Gasteiger charge is 2.23. The van der Waals surface area contributed by atoms with Crippen LogP contribution in [0.1, 0.15) is 55.3 Å². The first-order chi connectivity index (χ1) is 15.7. The summed E-state index contributed by atoms with van der Waals surface area (Å²) in [6.45, 7) is 7.40. The van der Waals surface area contributed by atoms with Crippen LogP contribution in [0.2, 0.25) is 0 Å². The van der Waals surface area contributed by atoms with Crippen LogP contribution in [0.5, 0.6) is 0 Å². The molecule has 0 saturated heterocycles. The molecule has 0 aromatic heterocycles. The zero-order valence-corrected chi connectivity index (χ0v) is 20.5. The van der Waals surface area contributed by atoms with Crippen molar-refractivity contribution in [1.82, 2.24) is 4.72 Å². The maximum atomic E-state index is 12.6. The lowest BCUT2D eigenvalue weighted by Crippen LogP contribution is -2.34. The van der Waals surface area contributed by atoms with Crippen LogP contribution in [0.25, 0.3) is 0 Å². The zero-order chi connectivity index (χ0) is 25.7. The summed E-state index contributed by atoms with van der Waals surface area (Å²) in [5, 5.41) is 2.74. The minimum atomic E-state index is -4.01. The largest absolute Gasteiger partial charge is 0.453 e. The van der Waals surface area contributed by atoms with E-state index in [-0.39, 0.29) is 22.1 Å². The zero-order valence-electron chi connectivity index (χ0n) is 19.7. The summed E-state index contributed by atoms with van der Waals surface area (Å²) < 4.78 is 31.8. The number of ketones is 2. The van der Waals surface area contributed by atoms with E-state index < -0.39 is 39.8 Å². The molecule has 1 atom stereocenters. The molecule has 0 spiro atoms. The Morgan fingerprint density at radius 3 is 1.94 bits per heavy atom. The van der Waals surface area contributed by atoms with Gasteiger partial charge in [-0.15, -0.1) is 0 Å². The van der Waals surface area contributed by atoms with Crippen LogP contribution in [0.15, 0.2) is 53.4 Å². The number of carbonyl (C=O) groups excluding carboxylic acids is 4. The van der Waals surface area contributed by atoms with E-state index in [1.165, 1.54) is 50.2 Å². The van der Waals surface area contributed by atoms with E-state index in [0.717, 1.165) is 0 Å². The highest BCUT2D eigenvalue weighted by atomic mass is 32.2. The Bertz CT molecular complexity index is 1180. The Labute approximate surface area is 198 Å². The first-order valence-corrected chi connectivity index (χ1v) is 11.9. The molecule has 0 bridgehead atoms. The van der Waals surface area contributed by atoms with E-state index in [4.69, 9.17) is 4.74 Å². The number of Topliss-reactive ketones (excluding diaryl/α,β-unsaturated/α-hetero) is 2. The first-order valence-electron chi connectivity index (χ1n) is 10.5. The van der Waals surface area contributed by atoms with Gasteiger partial charge in [0.25, 0.3) is 0 Å². The van der Waals surface area contributed by atoms with Gasteiger partial charge in [-0.2, -0.15) is 4.72 Å². The number of carbonyl (C=O) groups is 4. The van der Waals surface area contributed by atoms with Gasteiger partial charge in [0.1, 0.15) is 6.54 Å². The van der Waals surface area contributed by atoms with Gasteiger partial charge in [0.2, 0.25) is 21.7 Å². The number of hydrogen-bond acceptors (Lipinski definition) is 7. The van der Waals surface area contributed by atoms with Crippen LogP contribution in [-0.4, -0.2) is 44.5 Å². The SMILES string of the molecule is CC(=O)c1ccc(S(=O)(=O)NCC(=O)OC(C)C(=O)c2ccc(NC(=O)C(C)(C)C)cc2)cc1. The normalized spacial score (nSPS) is 12.5. The van der Waals surface area contributed by atoms with Gasteiger partial charge >= 0.3 is 5.97 Å². The third-order valence-corrected chi connectivity index (χ3v) is 6.18. The van der Waals surface area contributed by atoms with Gasteiger partial charge in [0.15, 0.2) is 11.9 Å². The molecule has 2 aromatic carbocycles. The van der Waals surface area contributed by atoms with E-state index in [0.29, 0.717) is 11.3 Å². The molecule has 182 valence electrons. The lowest BCUT2D eigenvalue weighted by Gasteiger charge is -2.18. The first kappa shape index (κ1) is 26.9. The summed E-state index contributed by atoms with van der Waals surface area (Å²) in [4.78, 5) is 47.9. The third-order valence-electron chi connectivity index (χ3n) is 4.76. The molecule has 10 heteroatoms. The van der Waals surface area contributed by atoms with Crippen molar-refractivity contribution in [3.05, 3.63) is 59.7 Å². The summed E-state index contributed by atoms with van der Waals surface area (Å²) in [5.74, 6) is -1.79. The second-order valence-corrected chi connectivity index (χ2v) is 10.4. The number of benzene rings is 2. The van der Waals surface area contributed by atoms with Crippen molar-refractivity contribution in [2.45, 2.75) is 45.6 Å². The summed E-state index contributed by atoms with van der Waals surface area (Å²) in [5.41, 5.74) is 0.568. The average Bonchev–Trinajstić information content (AvgIpc) is 2.77. The Balaban J connectivity index is 1.92. The van der Waals surface area contributed by atoms with Gasteiger partial charge in [-0.1, -0.05) is 32.9 Å². The smallest absolute Gasteiger partial charge is 0.321 e. The molecule has 0 fully saturated rings. The van der Waals surface area contributed by atoms with Crippen LogP contribution in [0.4, 0.5) is 5.69 Å². The van der Waals surface area contributed by atoms with Crippen molar-refractivity contribution in [3.8, 4) is 0 Å². The predicted molar refractivity (Wildman–Crippen MR) is 126 cm³/mol. The molecule has 0 aliphatic heterocycles. The Morgan fingerprint density at radius 1 is 0.912 bits per heavy atom. The molecule has 0 aliphatic rings. The van der Waals surface area contributed by atoms with Crippen molar-refractivity contribution >= 4 is 39.2 Å². The van der Waals surface area contributed by atoms with Crippen molar-refractivity contribution in [2.75, 3.05) is 11.9 Å². The maximum absolute atomic E-state index is 12.6. The van der Waals surface area contributed by atoms with Crippen LogP contribution in [0, 0.1) is 5.41 Å². The standard InChI is InChI=1S/C24H28N2O7S/c1-15(27)17-8-12-20(13-9-17)34(31,32)25-14-21(28)33-16(2)22(29)18-6-10-19(11-7-18)26-23(30)24(3,4)5/h6-13,16,25H,14H2,1-5H3,(H,26,30). The quantitative estimate of drug-likeness (QED) is 0.409. The second kappa shape index (κ2) is 10.7. The number of nitrogens with one attached hydrogen (secondary N) is 2. The molecule has 2 rings (SSSR count). The highest BCUT2D eigenvalue weighted by Crippen LogP contribution is 2.18. The van der Waals surface area contributed by atoms with Crippen molar-refractivity contribution < 1.29 is 32.3 Å². The summed E-state index contributed by atoms with van der Waals surface area (Å²) in [6.07, 6.45) is -1.15. The Morgan fingerprint density at radius 2 is 1.44 bits per heavy atom. The van der Waals surface area contributed by atoms with Gasteiger partial charge < -0.3 is 10.1 Å². The molecule has 0 saturated carbocycles. The van der Waals surface area contributed by atoms with Gasteiger partial charge in [0, 0.05) is 22.2 Å². The minimum absolute atomic E-state index is 0.118. The molecule has 34 heavy (non-hydrogen) atoms. The minimum Gasteiger partial charge on any atom is -0.453 e. The average molecular weight is 489 g/mol. The molecule has 1 amide bonds. The van der Waals surface area contributed by atoms with Crippen LogP contribution >= 0.6 is 0 Å². The van der Waals surface area contributed by atoms with E-state index >= 15 is 0 Å². The van der Waals surface area contributed by atoms with Crippen molar-refractivity contribution in [2.24, 2.45) is 5.41 Å².